The van der Waals surface area contributed by atoms with Crippen molar-refractivity contribution in [1.29, 1.82) is 0 Å². The number of nitrogens with one attached hydrogen (secondary N) is 1. The molecule has 0 aliphatic carbocycles. The van der Waals surface area contributed by atoms with Crippen molar-refractivity contribution in [2.75, 3.05) is 6.54 Å². The second-order valence-electron chi connectivity index (χ2n) is 8.23. The highest BCUT2D eigenvalue weighted by molar-refractivity contribution is 5.78. The van der Waals surface area contributed by atoms with Gasteiger partial charge in [0.05, 0.1) is 0 Å². The molecule has 0 aromatic carbocycles. The Morgan fingerprint density at radius 2 is 1.75 bits per heavy atom. The molecule has 1 heterocycles. The van der Waals surface area contributed by atoms with Gasteiger partial charge in [-0.3, -0.25) is 4.79 Å². The van der Waals surface area contributed by atoms with Crippen LogP contribution in [-0.4, -0.2) is 12.5 Å². The van der Waals surface area contributed by atoms with Crippen molar-refractivity contribution >= 4 is 5.91 Å². The lowest BCUT2D eigenvalue weighted by Gasteiger charge is -2.22. The molecule has 2 nitrogen and oxygen atoms in total. The smallest absolute Gasteiger partial charge is 0.223 e. The summed E-state index contributed by atoms with van der Waals surface area (Å²) >= 11 is 0. The van der Waals surface area contributed by atoms with Crippen molar-refractivity contribution in [3.63, 3.8) is 0 Å². The molecule has 1 saturated heterocycles. The monoisotopic (exact) mass is 337 g/mol. The van der Waals surface area contributed by atoms with Gasteiger partial charge in [0.1, 0.15) is 0 Å². The van der Waals surface area contributed by atoms with E-state index in [-0.39, 0.29) is 5.92 Å². The van der Waals surface area contributed by atoms with Gasteiger partial charge in [0, 0.05) is 12.5 Å². The molecular weight excluding hydrogens is 294 g/mol. The molecule has 142 valence electrons. The molecule has 1 N–H and O–H groups in total. The van der Waals surface area contributed by atoms with Crippen LogP contribution in [0.4, 0.5) is 0 Å². The number of hydrogen-bond donors (Lipinski definition) is 1. The zero-order valence-electron chi connectivity index (χ0n) is 16.7. The predicted octanol–water partition coefficient (Wildman–Crippen LogP) is 6.49. The number of unbranched alkanes of at least 4 members (excludes halogenated alkanes) is 5. The van der Waals surface area contributed by atoms with E-state index in [0.717, 1.165) is 37.6 Å². The van der Waals surface area contributed by atoms with Crippen LogP contribution in [0.3, 0.4) is 0 Å². The van der Waals surface area contributed by atoms with Gasteiger partial charge >= 0.3 is 0 Å². The molecule has 1 aliphatic heterocycles. The first-order valence-electron chi connectivity index (χ1n) is 10.9. The van der Waals surface area contributed by atoms with Crippen LogP contribution in [0.1, 0.15) is 111 Å². The average molecular weight is 338 g/mol. The summed E-state index contributed by atoms with van der Waals surface area (Å²) in [7, 11) is 0. The third-order valence-electron chi connectivity index (χ3n) is 5.96. The van der Waals surface area contributed by atoms with E-state index in [1.165, 1.54) is 70.6 Å². The van der Waals surface area contributed by atoms with Gasteiger partial charge < -0.3 is 5.32 Å². The maximum Gasteiger partial charge on any atom is 0.223 e. The van der Waals surface area contributed by atoms with Crippen LogP contribution in [0.2, 0.25) is 0 Å². The van der Waals surface area contributed by atoms with Crippen molar-refractivity contribution < 1.29 is 4.79 Å². The number of carbonyl (C=O) groups is 1. The normalized spacial score (nSPS) is 21.1. The Morgan fingerprint density at radius 1 is 1.00 bits per heavy atom. The fourth-order valence-corrected chi connectivity index (χ4v) is 4.06. The lowest BCUT2D eigenvalue weighted by Crippen LogP contribution is -2.30. The van der Waals surface area contributed by atoms with Crippen molar-refractivity contribution in [2.45, 2.75) is 111 Å². The van der Waals surface area contributed by atoms with Crippen LogP contribution in [0.15, 0.2) is 0 Å². The second kappa shape index (κ2) is 13.7. The maximum absolute atomic E-state index is 12.1. The molecule has 0 aromatic heterocycles. The van der Waals surface area contributed by atoms with Crippen LogP contribution < -0.4 is 5.32 Å². The minimum absolute atomic E-state index is 0.284. The largest absolute Gasteiger partial charge is 0.356 e. The highest BCUT2D eigenvalue weighted by Gasteiger charge is 2.23. The van der Waals surface area contributed by atoms with Crippen molar-refractivity contribution in [3.05, 3.63) is 0 Å². The van der Waals surface area contributed by atoms with Gasteiger partial charge in [0.15, 0.2) is 0 Å². The van der Waals surface area contributed by atoms with E-state index in [4.69, 9.17) is 0 Å². The van der Waals surface area contributed by atoms with E-state index in [0.29, 0.717) is 5.91 Å². The first-order chi connectivity index (χ1) is 11.7. The Bertz CT molecular complexity index is 315. The van der Waals surface area contributed by atoms with E-state index in [9.17, 15) is 4.79 Å². The summed E-state index contributed by atoms with van der Waals surface area (Å²) in [5, 5.41) is 3.10. The molecule has 0 bridgehead atoms. The minimum atomic E-state index is 0.284. The molecule has 1 rings (SSSR count). The molecule has 1 amide bonds. The molecule has 24 heavy (non-hydrogen) atoms. The van der Waals surface area contributed by atoms with Gasteiger partial charge in [-0.05, 0) is 31.1 Å². The first kappa shape index (κ1) is 21.5. The van der Waals surface area contributed by atoms with E-state index in [2.05, 4.69) is 26.1 Å². The topological polar surface area (TPSA) is 29.1 Å². The van der Waals surface area contributed by atoms with E-state index < -0.39 is 0 Å². The van der Waals surface area contributed by atoms with E-state index in [1.807, 2.05) is 0 Å². The van der Waals surface area contributed by atoms with Gasteiger partial charge in [-0.15, -0.1) is 0 Å². The van der Waals surface area contributed by atoms with Gasteiger partial charge in [0.25, 0.3) is 0 Å². The molecule has 2 heteroatoms. The molecule has 0 saturated carbocycles. The Labute approximate surface area is 151 Å². The number of rotatable bonds is 13. The Hall–Kier alpha value is -0.530. The molecule has 1 aliphatic rings. The quantitative estimate of drug-likeness (QED) is 0.382. The Morgan fingerprint density at radius 3 is 2.50 bits per heavy atom. The maximum atomic E-state index is 12.1. The average Bonchev–Trinajstić information content (AvgIpc) is 2.79. The fraction of sp³-hybridized carbons (Fsp3) is 0.955. The molecule has 3 atom stereocenters. The van der Waals surface area contributed by atoms with Gasteiger partial charge in [-0.2, -0.15) is 0 Å². The van der Waals surface area contributed by atoms with E-state index in [1.54, 1.807) is 0 Å². The molecule has 3 unspecified atom stereocenters. The standard InChI is InChI=1S/C22H43NO/c1-4-6-7-8-9-10-13-19(3)15-16-20(5-2)18-21-14-11-12-17-23-22(21)24/h19-21H,4-18H2,1-3H3,(H,23,24). The highest BCUT2D eigenvalue weighted by Crippen LogP contribution is 2.28. The van der Waals surface area contributed by atoms with E-state index >= 15 is 0 Å². The summed E-state index contributed by atoms with van der Waals surface area (Å²) in [6, 6.07) is 0. The summed E-state index contributed by atoms with van der Waals surface area (Å²) < 4.78 is 0. The third kappa shape index (κ3) is 9.69. The molecule has 1 fully saturated rings. The zero-order chi connectivity index (χ0) is 17.6. The van der Waals surface area contributed by atoms with Crippen molar-refractivity contribution in [2.24, 2.45) is 17.8 Å². The second-order valence-corrected chi connectivity index (χ2v) is 8.23. The summed E-state index contributed by atoms with van der Waals surface area (Å²) in [5.41, 5.74) is 0. The van der Waals surface area contributed by atoms with Crippen LogP contribution in [0.25, 0.3) is 0 Å². The van der Waals surface area contributed by atoms with Crippen LogP contribution in [0.5, 0.6) is 0 Å². The minimum Gasteiger partial charge on any atom is -0.356 e. The number of hydrogen-bond acceptors (Lipinski definition) is 1. The first-order valence-corrected chi connectivity index (χ1v) is 10.9. The molecule has 0 spiro atoms. The summed E-state index contributed by atoms with van der Waals surface area (Å²) in [6.45, 7) is 7.90. The van der Waals surface area contributed by atoms with Crippen LogP contribution in [-0.2, 0) is 4.79 Å². The van der Waals surface area contributed by atoms with Crippen molar-refractivity contribution in [1.82, 2.24) is 5.32 Å². The Balaban J connectivity index is 2.16. The van der Waals surface area contributed by atoms with Gasteiger partial charge in [0.2, 0.25) is 5.91 Å². The zero-order valence-corrected chi connectivity index (χ0v) is 16.7. The molecular formula is C22H43NO. The molecule has 0 radical (unpaired) electrons. The van der Waals surface area contributed by atoms with Crippen molar-refractivity contribution in [3.8, 4) is 0 Å². The Kier molecular flexibility index (Phi) is 12.3. The predicted molar refractivity (Wildman–Crippen MR) is 105 cm³/mol. The molecule has 0 aromatic rings. The fourth-order valence-electron chi connectivity index (χ4n) is 4.06. The number of amides is 1. The van der Waals surface area contributed by atoms with Crippen LogP contribution >= 0.6 is 0 Å². The SMILES string of the molecule is CCCCCCCCC(C)CCC(CC)CC1CCCCNC1=O. The van der Waals surface area contributed by atoms with Gasteiger partial charge in [-0.1, -0.05) is 91.4 Å². The summed E-state index contributed by atoms with van der Waals surface area (Å²) in [6.07, 6.45) is 18.3. The summed E-state index contributed by atoms with van der Waals surface area (Å²) in [4.78, 5) is 12.1. The lowest BCUT2D eigenvalue weighted by molar-refractivity contribution is -0.125. The van der Waals surface area contributed by atoms with Gasteiger partial charge in [-0.25, -0.2) is 0 Å². The highest BCUT2D eigenvalue weighted by atomic mass is 16.1. The summed E-state index contributed by atoms with van der Waals surface area (Å²) in [5.74, 6) is 2.21. The lowest BCUT2D eigenvalue weighted by atomic mass is 9.84. The number of carbonyl (C=O) groups excluding carboxylic acids is 1. The van der Waals surface area contributed by atoms with Crippen LogP contribution in [0, 0.1) is 17.8 Å². The third-order valence-corrected chi connectivity index (χ3v) is 5.96.